The van der Waals surface area contributed by atoms with Crippen LogP contribution >= 0.6 is 0 Å². The first-order valence-electron chi connectivity index (χ1n) is 7.55. The van der Waals surface area contributed by atoms with Crippen LogP contribution in [0.2, 0.25) is 0 Å². The second-order valence-corrected chi connectivity index (χ2v) is 6.29. The lowest BCUT2D eigenvalue weighted by Crippen LogP contribution is -2.32. The van der Waals surface area contributed by atoms with Crippen molar-refractivity contribution in [1.29, 1.82) is 0 Å². The van der Waals surface area contributed by atoms with Crippen molar-refractivity contribution in [2.75, 3.05) is 19.6 Å². The van der Waals surface area contributed by atoms with Gasteiger partial charge in [-0.2, -0.15) is 0 Å². The molecule has 3 heteroatoms. The zero-order chi connectivity index (χ0) is 13.4. The van der Waals surface area contributed by atoms with Crippen molar-refractivity contribution in [1.82, 2.24) is 10.6 Å². The predicted octanol–water partition coefficient (Wildman–Crippen LogP) is 2.56. The first-order chi connectivity index (χ1) is 8.58. The van der Waals surface area contributed by atoms with Gasteiger partial charge in [0.25, 0.3) is 0 Å². The SMILES string of the molecule is CC(C)CNC(=O)CCNCC1CCCC(C)C1. The van der Waals surface area contributed by atoms with Gasteiger partial charge < -0.3 is 10.6 Å². The maximum atomic E-state index is 11.5. The molecule has 3 nitrogen and oxygen atoms in total. The van der Waals surface area contributed by atoms with Gasteiger partial charge in [-0.15, -0.1) is 0 Å². The third-order valence-electron chi connectivity index (χ3n) is 3.71. The molecule has 2 N–H and O–H groups in total. The Balaban J connectivity index is 1.99. The fourth-order valence-electron chi connectivity index (χ4n) is 2.66. The molecule has 1 rings (SSSR count). The van der Waals surface area contributed by atoms with E-state index < -0.39 is 0 Å². The minimum atomic E-state index is 0.174. The van der Waals surface area contributed by atoms with Crippen LogP contribution in [0.1, 0.15) is 52.9 Å². The lowest BCUT2D eigenvalue weighted by Gasteiger charge is -2.26. The van der Waals surface area contributed by atoms with Gasteiger partial charge in [0.1, 0.15) is 0 Å². The minimum Gasteiger partial charge on any atom is -0.356 e. The van der Waals surface area contributed by atoms with Gasteiger partial charge in [0, 0.05) is 19.5 Å². The molecular weight excluding hydrogens is 224 g/mol. The van der Waals surface area contributed by atoms with E-state index in [-0.39, 0.29) is 5.91 Å². The molecule has 2 unspecified atom stereocenters. The Labute approximate surface area is 112 Å². The Kier molecular flexibility index (Phi) is 7.33. The van der Waals surface area contributed by atoms with Crippen LogP contribution in [0.15, 0.2) is 0 Å². The van der Waals surface area contributed by atoms with Crippen molar-refractivity contribution in [3.63, 3.8) is 0 Å². The topological polar surface area (TPSA) is 41.1 Å². The summed E-state index contributed by atoms with van der Waals surface area (Å²) >= 11 is 0. The van der Waals surface area contributed by atoms with Crippen LogP contribution in [0.5, 0.6) is 0 Å². The summed E-state index contributed by atoms with van der Waals surface area (Å²) in [7, 11) is 0. The summed E-state index contributed by atoms with van der Waals surface area (Å²) in [6.07, 6.45) is 6.09. The summed E-state index contributed by atoms with van der Waals surface area (Å²) in [5, 5.41) is 6.38. The number of hydrogen-bond donors (Lipinski definition) is 2. The van der Waals surface area contributed by atoms with Gasteiger partial charge in [-0.3, -0.25) is 4.79 Å². The largest absolute Gasteiger partial charge is 0.356 e. The molecule has 1 amide bonds. The van der Waals surface area contributed by atoms with Gasteiger partial charge >= 0.3 is 0 Å². The van der Waals surface area contributed by atoms with Gasteiger partial charge in [0.2, 0.25) is 5.91 Å². The molecule has 18 heavy (non-hydrogen) atoms. The van der Waals surface area contributed by atoms with Gasteiger partial charge in [0.15, 0.2) is 0 Å². The summed E-state index contributed by atoms with van der Waals surface area (Å²) in [4.78, 5) is 11.5. The number of carbonyl (C=O) groups is 1. The van der Waals surface area contributed by atoms with Crippen LogP contribution in [-0.2, 0) is 4.79 Å². The molecular formula is C15H30N2O. The summed E-state index contributed by atoms with van der Waals surface area (Å²) in [5.41, 5.74) is 0. The number of nitrogens with one attached hydrogen (secondary N) is 2. The van der Waals surface area contributed by atoms with Crippen molar-refractivity contribution in [3.8, 4) is 0 Å². The Morgan fingerprint density at radius 1 is 1.33 bits per heavy atom. The third kappa shape index (κ3) is 7.00. The van der Waals surface area contributed by atoms with E-state index in [1.807, 2.05) is 0 Å². The van der Waals surface area contributed by atoms with Gasteiger partial charge in [0.05, 0.1) is 0 Å². The molecule has 0 spiro atoms. The molecule has 1 aliphatic carbocycles. The number of hydrogen-bond acceptors (Lipinski definition) is 2. The molecule has 0 radical (unpaired) electrons. The van der Waals surface area contributed by atoms with Crippen LogP contribution < -0.4 is 10.6 Å². The van der Waals surface area contributed by atoms with E-state index in [2.05, 4.69) is 31.4 Å². The van der Waals surface area contributed by atoms with Crippen LogP contribution in [0.4, 0.5) is 0 Å². The maximum absolute atomic E-state index is 11.5. The smallest absolute Gasteiger partial charge is 0.221 e. The van der Waals surface area contributed by atoms with E-state index in [1.165, 1.54) is 25.7 Å². The van der Waals surface area contributed by atoms with E-state index in [0.29, 0.717) is 12.3 Å². The second kappa shape index (κ2) is 8.52. The standard InChI is InChI=1S/C15H30N2O/c1-12(2)10-17-15(18)7-8-16-11-14-6-4-5-13(3)9-14/h12-14,16H,4-11H2,1-3H3,(H,17,18). The third-order valence-corrected chi connectivity index (χ3v) is 3.71. The zero-order valence-corrected chi connectivity index (χ0v) is 12.3. The fourth-order valence-corrected chi connectivity index (χ4v) is 2.66. The number of carbonyl (C=O) groups excluding carboxylic acids is 1. The molecule has 0 saturated heterocycles. The highest BCUT2D eigenvalue weighted by Crippen LogP contribution is 2.27. The average molecular weight is 254 g/mol. The molecule has 0 aromatic carbocycles. The molecule has 106 valence electrons. The second-order valence-electron chi connectivity index (χ2n) is 6.29. The van der Waals surface area contributed by atoms with Crippen molar-refractivity contribution in [2.45, 2.75) is 52.9 Å². The van der Waals surface area contributed by atoms with E-state index >= 15 is 0 Å². The molecule has 0 bridgehead atoms. The first-order valence-corrected chi connectivity index (χ1v) is 7.55. The monoisotopic (exact) mass is 254 g/mol. The first kappa shape index (κ1) is 15.5. The summed E-state index contributed by atoms with van der Waals surface area (Å²) in [6.45, 7) is 9.27. The predicted molar refractivity (Wildman–Crippen MR) is 76.5 cm³/mol. The molecule has 0 aliphatic heterocycles. The maximum Gasteiger partial charge on any atom is 0.221 e. The van der Waals surface area contributed by atoms with Gasteiger partial charge in [-0.25, -0.2) is 0 Å². The van der Waals surface area contributed by atoms with Crippen LogP contribution in [-0.4, -0.2) is 25.5 Å². The van der Waals surface area contributed by atoms with E-state index in [4.69, 9.17) is 0 Å². The van der Waals surface area contributed by atoms with Crippen molar-refractivity contribution in [3.05, 3.63) is 0 Å². The Morgan fingerprint density at radius 3 is 2.78 bits per heavy atom. The Hall–Kier alpha value is -0.570. The minimum absolute atomic E-state index is 0.174. The molecule has 2 atom stereocenters. The van der Waals surface area contributed by atoms with Crippen molar-refractivity contribution >= 4 is 5.91 Å². The highest BCUT2D eigenvalue weighted by atomic mass is 16.1. The van der Waals surface area contributed by atoms with Crippen LogP contribution in [0.25, 0.3) is 0 Å². The van der Waals surface area contributed by atoms with E-state index in [9.17, 15) is 4.79 Å². The Bertz CT molecular complexity index is 241. The highest BCUT2D eigenvalue weighted by molar-refractivity contribution is 5.76. The van der Waals surface area contributed by atoms with Gasteiger partial charge in [-0.1, -0.05) is 33.6 Å². The molecule has 0 heterocycles. The van der Waals surface area contributed by atoms with Crippen molar-refractivity contribution in [2.24, 2.45) is 17.8 Å². The lowest BCUT2D eigenvalue weighted by molar-refractivity contribution is -0.121. The van der Waals surface area contributed by atoms with Crippen LogP contribution in [0.3, 0.4) is 0 Å². The summed E-state index contributed by atoms with van der Waals surface area (Å²) in [6, 6.07) is 0. The number of amides is 1. The molecule has 0 aromatic rings. The summed E-state index contributed by atoms with van der Waals surface area (Å²) < 4.78 is 0. The van der Waals surface area contributed by atoms with E-state index in [0.717, 1.165) is 31.5 Å². The molecule has 1 aliphatic rings. The van der Waals surface area contributed by atoms with Crippen molar-refractivity contribution < 1.29 is 4.79 Å². The molecule has 1 saturated carbocycles. The molecule has 0 aromatic heterocycles. The Morgan fingerprint density at radius 2 is 2.11 bits per heavy atom. The summed E-state index contributed by atoms with van der Waals surface area (Å²) in [5.74, 6) is 2.42. The average Bonchev–Trinajstić information content (AvgIpc) is 2.32. The van der Waals surface area contributed by atoms with E-state index in [1.54, 1.807) is 0 Å². The highest BCUT2D eigenvalue weighted by Gasteiger charge is 2.18. The van der Waals surface area contributed by atoms with Crippen LogP contribution in [0, 0.1) is 17.8 Å². The number of rotatable bonds is 7. The lowest BCUT2D eigenvalue weighted by atomic mass is 9.82. The molecule has 1 fully saturated rings. The quantitative estimate of drug-likeness (QED) is 0.686. The van der Waals surface area contributed by atoms with Gasteiger partial charge in [-0.05, 0) is 37.1 Å². The normalized spacial score (nSPS) is 24.2. The zero-order valence-electron chi connectivity index (χ0n) is 12.3. The fraction of sp³-hybridized carbons (Fsp3) is 0.933.